The average molecular weight is 329 g/mol. The van der Waals surface area contributed by atoms with Crippen molar-refractivity contribution in [1.29, 1.82) is 0 Å². The van der Waals surface area contributed by atoms with E-state index in [9.17, 15) is 22.8 Å². The Hall–Kier alpha value is -2.03. The van der Waals surface area contributed by atoms with E-state index in [0.717, 1.165) is 16.7 Å². The van der Waals surface area contributed by atoms with Gasteiger partial charge in [-0.3, -0.25) is 14.5 Å². The number of carbonyl (C=O) groups is 2. The number of nitrogens with zero attached hydrogens (tertiary/aromatic N) is 2. The van der Waals surface area contributed by atoms with Crippen molar-refractivity contribution in [2.75, 3.05) is 12.3 Å². The molecule has 1 aromatic carbocycles. The van der Waals surface area contributed by atoms with E-state index in [0.29, 0.717) is 5.75 Å². The summed E-state index contributed by atoms with van der Waals surface area (Å²) >= 11 is 1.06. The van der Waals surface area contributed by atoms with Gasteiger partial charge in [0.2, 0.25) is 0 Å². The molecule has 1 aromatic rings. The van der Waals surface area contributed by atoms with Gasteiger partial charge in [-0.15, -0.1) is 0 Å². The van der Waals surface area contributed by atoms with Crippen molar-refractivity contribution < 1.29 is 22.8 Å². The molecule has 116 valence electrons. The quantitative estimate of drug-likeness (QED) is 0.897. The van der Waals surface area contributed by atoms with Crippen LogP contribution in [0, 0.1) is 0 Å². The molecule has 1 fully saturated rings. The van der Waals surface area contributed by atoms with Crippen molar-refractivity contribution >= 4 is 28.7 Å². The van der Waals surface area contributed by atoms with Gasteiger partial charge >= 0.3 is 11.8 Å². The maximum absolute atomic E-state index is 13.5. The maximum Gasteiger partial charge on any atom is 0.442 e. The van der Waals surface area contributed by atoms with Crippen LogP contribution >= 0.6 is 11.8 Å². The first-order chi connectivity index (χ1) is 10.3. The van der Waals surface area contributed by atoms with Crippen LogP contribution in [0.5, 0.6) is 0 Å². The van der Waals surface area contributed by atoms with Gasteiger partial charge in [0.15, 0.2) is 5.17 Å². The molecule has 0 bridgehead atoms. The van der Waals surface area contributed by atoms with Crippen molar-refractivity contribution in [2.24, 2.45) is 4.99 Å². The highest BCUT2D eigenvalue weighted by molar-refractivity contribution is 8.14. The SMILES string of the molecule is O=C(N[C@@]1(C(F)(F)F)N=C2SCCN2C1=O)c1ccccc1. The fourth-order valence-corrected chi connectivity index (χ4v) is 3.22. The molecule has 22 heavy (non-hydrogen) atoms. The minimum Gasteiger partial charge on any atom is -0.312 e. The highest BCUT2D eigenvalue weighted by atomic mass is 32.2. The Morgan fingerprint density at radius 2 is 2.00 bits per heavy atom. The highest BCUT2D eigenvalue weighted by Gasteiger charge is 2.67. The second-order valence-electron chi connectivity index (χ2n) is 4.73. The minimum atomic E-state index is -5.02. The molecule has 9 heteroatoms. The second kappa shape index (κ2) is 5.01. The summed E-state index contributed by atoms with van der Waals surface area (Å²) in [5.74, 6) is -1.77. The number of nitrogens with one attached hydrogen (secondary N) is 1. The molecule has 2 amide bonds. The molecule has 0 saturated carbocycles. The number of carbonyl (C=O) groups excluding carboxylic acids is 2. The third-order valence-corrected chi connectivity index (χ3v) is 4.29. The number of rotatable bonds is 2. The number of thioether (sulfide) groups is 1. The zero-order valence-corrected chi connectivity index (χ0v) is 11.9. The number of hydrogen-bond acceptors (Lipinski definition) is 4. The van der Waals surface area contributed by atoms with Gasteiger partial charge in [-0.25, -0.2) is 4.99 Å². The first-order valence-corrected chi connectivity index (χ1v) is 7.32. The monoisotopic (exact) mass is 329 g/mol. The van der Waals surface area contributed by atoms with Crippen LogP contribution in [-0.4, -0.2) is 46.0 Å². The molecule has 1 saturated heterocycles. The van der Waals surface area contributed by atoms with Gasteiger partial charge in [0.05, 0.1) is 0 Å². The minimum absolute atomic E-state index is 0.00399. The van der Waals surface area contributed by atoms with E-state index in [1.165, 1.54) is 24.3 Å². The molecule has 0 aliphatic carbocycles. The summed E-state index contributed by atoms with van der Waals surface area (Å²) in [6.07, 6.45) is -5.02. The summed E-state index contributed by atoms with van der Waals surface area (Å²) in [5, 5.41) is 1.77. The van der Waals surface area contributed by atoms with Crippen molar-refractivity contribution in [3.8, 4) is 0 Å². The normalized spacial score (nSPS) is 24.2. The smallest absolute Gasteiger partial charge is 0.312 e. The predicted octanol–water partition coefficient (Wildman–Crippen LogP) is 1.62. The Morgan fingerprint density at radius 3 is 2.59 bits per heavy atom. The molecule has 3 rings (SSSR count). The zero-order chi connectivity index (χ0) is 16.0. The number of hydrogen-bond donors (Lipinski definition) is 1. The summed E-state index contributed by atoms with van der Waals surface area (Å²) in [4.78, 5) is 28.7. The molecule has 1 atom stereocenters. The lowest BCUT2D eigenvalue weighted by molar-refractivity contribution is -0.196. The Kier molecular flexibility index (Phi) is 3.39. The Balaban J connectivity index is 1.97. The largest absolute Gasteiger partial charge is 0.442 e. The standard InChI is InChI=1S/C13H10F3N3O2S/c14-13(15,16)12(10(21)19-6-7-22-11(19)18-12)17-9(20)8-4-2-1-3-5-8/h1-5H,6-7H2,(H,17,20)/t12-/m1/s1. The van der Waals surface area contributed by atoms with E-state index in [1.54, 1.807) is 11.4 Å². The lowest BCUT2D eigenvalue weighted by Crippen LogP contribution is -2.63. The first kappa shape index (κ1) is 14.9. The van der Waals surface area contributed by atoms with Crippen LogP contribution in [0.1, 0.15) is 10.4 Å². The number of aliphatic imine (C=N–C) groups is 1. The second-order valence-corrected chi connectivity index (χ2v) is 5.79. The molecule has 1 N–H and O–H groups in total. The number of halogens is 3. The van der Waals surface area contributed by atoms with E-state index in [1.807, 2.05) is 0 Å². The molecule has 2 aliphatic heterocycles. The third kappa shape index (κ3) is 2.16. The van der Waals surface area contributed by atoms with Gasteiger partial charge in [-0.2, -0.15) is 13.2 Å². The van der Waals surface area contributed by atoms with Crippen LogP contribution in [0.4, 0.5) is 13.2 Å². The Morgan fingerprint density at radius 1 is 1.32 bits per heavy atom. The first-order valence-electron chi connectivity index (χ1n) is 6.34. The molecule has 2 aliphatic rings. The van der Waals surface area contributed by atoms with Crippen LogP contribution in [0.15, 0.2) is 35.3 Å². The maximum atomic E-state index is 13.5. The van der Waals surface area contributed by atoms with Crippen LogP contribution in [0.2, 0.25) is 0 Å². The number of amides is 2. The summed E-state index contributed by atoms with van der Waals surface area (Å²) in [6.45, 7) is 0.154. The summed E-state index contributed by atoms with van der Waals surface area (Å²) in [7, 11) is 0. The summed E-state index contributed by atoms with van der Waals surface area (Å²) in [5.41, 5.74) is -3.21. The Bertz CT molecular complexity index is 662. The number of amidine groups is 1. The van der Waals surface area contributed by atoms with E-state index >= 15 is 0 Å². The van der Waals surface area contributed by atoms with Crippen LogP contribution in [0.25, 0.3) is 0 Å². The lowest BCUT2D eigenvalue weighted by atomic mass is 10.1. The van der Waals surface area contributed by atoms with Gasteiger partial charge < -0.3 is 5.32 Å². The number of benzene rings is 1. The van der Waals surface area contributed by atoms with E-state index in [4.69, 9.17) is 0 Å². The fourth-order valence-electron chi connectivity index (χ4n) is 2.23. The van der Waals surface area contributed by atoms with Gasteiger partial charge in [0.1, 0.15) is 0 Å². The average Bonchev–Trinajstić information content (AvgIpc) is 3.02. The predicted molar refractivity (Wildman–Crippen MR) is 74.3 cm³/mol. The molecule has 0 radical (unpaired) electrons. The van der Waals surface area contributed by atoms with Crippen LogP contribution < -0.4 is 5.32 Å². The molecule has 2 heterocycles. The van der Waals surface area contributed by atoms with E-state index in [2.05, 4.69) is 4.99 Å². The zero-order valence-electron chi connectivity index (χ0n) is 11.1. The van der Waals surface area contributed by atoms with Crippen molar-refractivity contribution in [2.45, 2.75) is 11.8 Å². The molecule has 5 nitrogen and oxygen atoms in total. The van der Waals surface area contributed by atoms with Crippen molar-refractivity contribution in [1.82, 2.24) is 10.2 Å². The molecular weight excluding hydrogens is 319 g/mol. The molecule has 0 unspecified atom stereocenters. The highest BCUT2D eigenvalue weighted by Crippen LogP contribution is 2.40. The van der Waals surface area contributed by atoms with E-state index in [-0.39, 0.29) is 17.3 Å². The number of fused-ring (bicyclic) bond motifs is 1. The molecular formula is C13H10F3N3O2S. The Labute approximate surface area is 127 Å². The van der Waals surface area contributed by atoms with Crippen LogP contribution in [-0.2, 0) is 4.79 Å². The van der Waals surface area contributed by atoms with Crippen molar-refractivity contribution in [3.05, 3.63) is 35.9 Å². The van der Waals surface area contributed by atoms with E-state index < -0.39 is 23.7 Å². The van der Waals surface area contributed by atoms with Gasteiger partial charge in [0.25, 0.3) is 11.8 Å². The van der Waals surface area contributed by atoms with Crippen molar-refractivity contribution in [3.63, 3.8) is 0 Å². The fraction of sp³-hybridized carbons (Fsp3) is 0.308. The third-order valence-electron chi connectivity index (χ3n) is 3.34. The van der Waals surface area contributed by atoms with Crippen LogP contribution in [0.3, 0.4) is 0 Å². The van der Waals surface area contributed by atoms with Gasteiger partial charge in [-0.1, -0.05) is 30.0 Å². The topological polar surface area (TPSA) is 61.8 Å². The molecule has 0 aromatic heterocycles. The van der Waals surface area contributed by atoms with Gasteiger partial charge in [0, 0.05) is 17.9 Å². The summed E-state index contributed by atoms with van der Waals surface area (Å²) < 4.78 is 40.4. The molecule has 0 spiro atoms. The lowest BCUT2D eigenvalue weighted by Gasteiger charge is -2.28. The number of alkyl halides is 3. The summed E-state index contributed by atoms with van der Waals surface area (Å²) in [6, 6.07) is 7.39. The van der Waals surface area contributed by atoms with Gasteiger partial charge in [-0.05, 0) is 12.1 Å².